The van der Waals surface area contributed by atoms with E-state index in [2.05, 4.69) is 0 Å². The van der Waals surface area contributed by atoms with Crippen LogP contribution in [-0.4, -0.2) is 28.8 Å². The minimum atomic E-state index is -0.939. The standard InChI is InChI=1S/C26H22N2O6/c1-15-7-8-16(2)21(13-15)27-23(17-9-11-20(34-3)12-10-17)22(25(30)26(27)31)24(29)18-5-4-6-19(14-18)28(32)33/h4-14,23,29H,1-3H3/b24-22-. The summed E-state index contributed by atoms with van der Waals surface area (Å²) in [5.74, 6) is -1.55. The van der Waals surface area contributed by atoms with Crippen LogP contribution in [0, 0.1) is 24.0 Å². The largest absolute Gasteiger partial charge is 0.507 e. The number of aryl methyl sites for hydroxylation is 2. The van der Waals surface area contributed by atoms with Gasteiger partial charge < -0.3 is 9.84 Å². The number of ketones is 1. The molecule has 1 aliphatic heterocycles. The van der Waals surface area contributed by atoms with Gasteiger partial charge in [-0.15, -0.1) is 0 Å². The van der Waals surface area contributed by atoms with Crippen molar-refractivity contribution in [1.82, 2.24) is 0 Å². The number of hydrogen-bond acceptors (Lipinski definition) is 6. The van der Waals surface area contributed by atoms with Crippen molar-refractivity contribution >= 4 is 28.8 Å². The molecule has 1 aliphatic rings. The van der Waals surface area contributed by atoms with Crippen LogP contribution >= 0.6 is 0 Å². The molecule has 8 heteroatoms. The van der Waals surface area contributed by atoms with E-state index in [0.717, 1.165) is 11.1 Å². The first-order chi connectivity index (χ1) is 16.2. The molecule has 1 saturated heterocycles. The van der Waals surface area contributed by atoms with Gasteiger partial charge in [-0.05, 0) is 48.7 Å². The highest BCUT2D eigenvalue weighted by molar-refractivity contribution is 6.51. The monoisotopic (exact) mass is 458 g/mol. The lowest BCUT2D eigenvalue weighted by atomic mass is 9.94. The van der Waals surface area contributed by atoms with E-state index in [1.54, 1.807) is 24.3 Å². The lowest BCUT2D eigenvalue weighted by Crippen LogP contribution is -2.30. The first kappa shape index (κ1) is 22.7. The molecule has 0 radical (unpaired) electrons. The number of nitro benzene ring substituents is 1. The molecule has 1 heterocycles. The molecule has 8 nitrogen and oxygen atoms in total. The Hall–Kier alpha value is -4.46. The van der Waals surface area contributed by atoms with Gasteiger partial charge in [0.15, 0.2) is 0 Å². The number of carbonyl (C=O) groups excluding carboxylic acids is 2. The van der Waals surface area contributed by atoms with Crippen molar-refractivity contribution in [1.29, 1.82) is 0 Å². The number of carbonyl (C=O) groups is 2. The molecule has 0 bridgehead atoms. The van der Waals surface area contributed by atoms with Crippen LogP contribution in [0.15, 0.2) is 72.3 Å². The normalized spacial score (nSPS) is 17.1. The molecule has 0 saturated carbocycles. The fourth-order valence-electron chi connectivity index (χ4n) is 4.08. The minimum absolute atomic E-state index is 0.0756. The lowest BCUT2D eigenvalue weighted by molar-refractivity contribution is -0.384. The molecule has 3 aromatic carbocycles. The second kappa shape index (κ2) is 8.82. The molecule has 34 heavy (non-hydrogen) atoms. The Kier molecular flexibility index (Phi) is 5.89. The number of Topliss-reactive ketones (excluding diaryl/α,β-unsaturated/α-hetero) is 1. The van der Waals surface area contributed by atoms with Crippen LogP contribution in [0.1, 0.15) is 28.3 Å². The van der Waals surface area contributed by atoms with Gasteiger partial charge in [-0.1, -0.05) is 36.4 Å². The number of aliphatic hydroxyl groups excluding tert-OH is 1. The van der Waals surface area contributed by atoms with Crippen LogP contribution < -0.4 is 9.64 Å². The van der Waals surface area contributed by atoms with E-state index in [-0.39, 0.29) is 16.8 Å². The van der Waals surface area contributed by atoms with E-state index in [9.17, 15) is 24.8 Å². The second-order valence-corrected chi connectivity index (χ2v) is 8.04. The molecule has 4 rings (SSSR count). The number of ether oxygens (including phenoxy) is 1. The number of anilines is 1. The number of hydrogen-bond donors (Lipinski definition) is 1. The molecule has 172 valence electrons. The number of amides is 1. The number of nitrogens with zero attached hydrogens (tertiary/aromatic N) is 2. The molecular weight excluding hydrogens is 436 g/mol. The maximum atomic E-state index is 13.3. The number of aliphatic hydroxyl groups is 1. The first-order valence-electron chi connectivity index (χ1n) is 10.5. The Bertz CT molecular complexity index is 1340. The molecule has 1 unspecified atom stereocenters. The predicted molar refractivity (Wildman–Crippen MR) is 127 cm³/mol. The van der Waals surface area contributed by atoms with Gasteiger partial charge in [0.1, 0.15) is 11.5 Å². The summed E-state index contributed by atoms with van der Waals surface area (Å²) in [6.45, 7) is 3.71. The predicted octanol–water partition coefficient (Wildman–Crippen LogP) is 4.85. The summed E-state index contributed by atoms with van der Waals surface area (Å²) >= 11 is 0. The van der Waals surface area contributed by atoms with Gasteiger partial charge in [-0.25, -0.2) is 0 Å². The quantitative estimate of drug-likeness (QED) is 0.192. The Balaban J connectivity index is 1.97. The van der Waals surface area contributed by atoms with Crippen molar-refractivity contribution in [3.8, 4) is 5.75 Å². The van der Waals surface area contributed by atoms with Crippen LogP contribution in [0.4, 0.5) is 11.4 Å². The number of methoxy groups -OCH3 is 1. The highest BCUT2D eigenvalue weighted by Gasteiger charge is 2.47. The Morgan fingerprint density at radius 1 is 1.03 bits per heavy atom. The molecule has 3 aromatic rings. The third-order valence-electron chi connectivity index (χ3n) is 5.83. The molecule has 1 N–H and O–H groups in total. The first-order valence-corrected chi connectivity index (χ1v) is 10.5. The molecule has 0 spiro atoms. The maximum absolute atomic E-state index is 13.3. The Morgan fingerprint density at radius 3 is 2.38 bits per heavy atom. The van der Waals surface area contributed by atoms with Crippen molar-refractivity contribution in [2.24, 2.45) is 0 Å². The Labute approximate surface area is 195 Å². The van der Waals surface area contributed by atoms with Crippen molar-refractivity contribution in [3.63, 3.8) is 0 Å². The van der Waals surface area contributed by atoms with Crippen molar-refractivity contribution in [2.45, 2.75) is 19.9 Å². The zero-order valence-electron chi connectivity index (χ0n) is 18.8. The average molecular weight is 458 g/mol. The van der Waals surface area contributed by atoms with Gasteiger partial charge in [0.2, 0.25) is 0 Å². The fraction of sp³-hybridized carbons (Fsp3) is 0.154. The third-order valence-corrected chi connectivity index (χ3v) is 5.83. The molecule has 0 aliphatic carbocycles. The number of rotatable bonds is 5. The summed E-state index contributed by atoms with van der Waals surface area (Å²) in [6, 6.07) is 16.8. The van der Waals surface area contributed by atoms with Crippen molar-refractivity contribution in [2.75, 3.05) is 12.0 Å². The summed E-state index contributed by atoms with van der Waals surface area (Å²) in [5, 5.41) is 22.4. The van der Waals surface area contributed by atoms with E-state index in [1.165, 1.54) is 36.3 Å². The topological polar surface area (TPSA) is 110 Å². The third kappa shape index (κ3) is 3.90. The Morgan fingerprint density at radius 2 is 1.74 bits per heavy atom. The van der Waals surface area contributed by atoms with Crippen LogP contribution in [0.2, 0.25) is 0 Å². The summed E-state index contributed by atoms with van der Waals surface area (Å²) in [4.78, 5) is 38.6. The van der Waals surface area contributed by atoms with E-state index in [1.807, 2.05) is 32.0 Å². The summed E-state index contributed by atoms with van der Waals surface area (Å²) in [6.07, 6.45) is 0. The van der Waals surface area contributed by atoms with Crippen LogP contribution in [-0.2, 0) is 9.59 Å². The number of nitro groups is 1. The molecule has 1 amide bonds. The van der Waals surface area contributed by atoms with Gasteiger partial charge in [-0.3, -0.25) is 24.6 Å². The van der Waals surface area contributed by atoms with Crippen LogP contribution in [0.3, 0.4) is 0 Å². The van der Waals surface area contributed by atoms with E-state index in [0.29, 0.717) is 17.0 Å². The van der Waals surface area contributed by atoms with Crippen molar-refractivity contribution < 1.29 is 24.4 Å². The zero-order chi connectivity index (χ0) is 24.6. The van der Waals surface area contributed by atoms with Gasteiger partial charge in [-0.2, -0.15) is 0 Å². The maximum Gasteiger partial charge on any atom is 0.300 e. The SMILES string of the molecule is COc1ccc(C2/C(=C(/O)c3cccc([N+](=O)[O-])c3)C(=O)C(=O)N2c2cc(C)ccc2C)cc1. The van der Waals surface area contributed by atoms with E-state index < -0.39 is 28.4 Å². The van der Waals surface area contributed by atoms with Gasteiger partial charge in [0.25, 0.3) is 17.4 Å². The summed E-state index contributed by atoms with van der Waals surface area (Å²) in [7, 11) is 1.53. The average Bonchev–Trinajstić information content (AvgIpc) is 3.10. The zero-order valence-corrected chi connectivity index (χ0v) is 18.8. The van der Waals surface area contributed by atoms with Gasteiger partial charge in [0, 0.05) is 23.4 Å². The van der Waals surface area contributed by atoms with E-state index in [4.69, 9.17) is 4.74 Å². The van der Waals surface area contributed by atoms with Crippen LogP contribution in [0.25, 0.3) is 5.76 Å². The molecule has 0 aromatic heterocycles. The van der Waals surface area contributed by atoms with Gasteiger partial charge >= 0.3 is 0 Å². The molecular formula is C26H22N2O6. The van der Waals surface area contributed by atoms with E-state index >= 15 is 0 Å². The molecule has 1 fully saturated rings. The van der Waals surface area contributed by atoms with Crippen LogP contribution in [0.5, 0.6) is 5.75 Å². The summed E-state index contributed by atoms with van der Waals surface area (Å²) < 4.78 is 5.23. The fourth-order valence-corrected chi connectivity index (χ4v) is 4.08. The smallest absolute Gasteiger partial charge is 0.300 e. The highest BCUT2D eigenvalue weighted by atomic mass is 16.6. The minimum Gasteiger partial charge on any atom is -0.507 e. The van der Waals surface area contributed by atoms with Crippen molar-refractivity contribution in [3.05, 3.63) is 105 Å². The lowest BCUT2D eigenvalue weighted by Gasteiger charge is -2.27. The van der Waals surface area contributed by atoms with Gasteiger partial charge in [0.05, 0.1) is 23.6 Å². The molecule has 1 atom stereocenters. The highest BCUT2D eigenvalue weighted by Crippen LogP contribution is 2.43. The second-order valence-electron chi connectivity index (χ2n) is 8.04. The number of non-ortho nitro benzene ring substituents is 1. The summed E-state index contributed by atoms with van der Waals surface area (Å²) in [5.41, 5.74) is 2.49. The number of benzene rings is 3.